The van der Waals surface area contributed by atoms with Crippen LogP contribution in [0, 0.1) is 0 Å². The summed E-state index contributed by atoms with van der Waals surface area (Å²) in [5.74, 6) is 0.409. The van der Waals surface area contributed by atoms with Gasteiger partial charge in [0.15, 0.2) is 0 Å². The quantitative estimate of drug-likeness (QED) is 0.621. The number of nitrogens with one attached hydrogen (secondary N) is 1. The molecular formula is C22H30N2O5S. The van der Waals surface area contributed by atoms with Crippen LogP contribution in [0.4, 0.5) is 5.69 Å². The number of sulfonamides is 1. The second-order valence-electron chi connectivity index (χ2n) is 7.21. The fourth-order valence-corrected chi connectivity index (χ4v) is 4.38. The van der Waals surface area contributed by atoms with Gasteiger partial charge in [-0.2, -0.15) is 0 Å². The average molecular weight is 435 g/mol. The highest BCUT2D eigenvalue weighted by molar-refractivity contribution is 7.92. The molecule has 0 aliphatic rings. The molecule has 1 N–H and O–H groups in total. The average Bonchev–Trinajstić information content (AvgIpc) is 2.71. The van der Waals surface area contributed by atoms with Crippen LogP contribution in [-0.4, -0.2) is 46.9 Å². The van der Waals surface area contributed by atoms with Gasteiger partial charge in [-0.25, -0.2) is 8.42 Å². The van der Waals surface area contributed by atoms with E-state index in [-0.39, 0.29) is 17.6 Å². The SMILES string of the molecule is COc1ccc(OC)c(N([C@H](C)C(=O)N[C@@H](C)CCc2ccccc2)S(C)(=O)=O)c1. The summed E-state index contributed by atoms with van der Waals surface area (Å²) >= 11 is 0. The van der Waals surface area contributed by atoms with Gasteiger partial charge >= 0.3 is 0 Å². The monoisotopic (exact) mass is 434 g/mol. The second kappa shape index (κ2) is 10.3. The fourth-order valence-electron chi connectivity index (χ4n) is 3.21. The van der Waals surface area contributed by atoms with E-state index in [0.29, 0.717) is 11.5 Å². The zero-order valence-corrected chi connectivity index (χ0v) is 18.9. The standard InChI is InChI=1S/C22H30N2O5S/c1-16(11-12-18-9-7-6-8-10-18)23-22(25)17(2)24(30(5,26)27)20-15-19(28-3)13-14-21(20)29-4/h6-10,13-17H,11-12H2,1-5H3,(H,23,25)/t16-,17+/m0/s1. The van der Waals surface area contributed by atoms with Crippen LogP contribution < -0.4 is 19.1 Å². The molecule has 0 aromatic heterocycles. The molecule has 0 saturated heterocycles. The summed E-state index contributed by atoms with van der Waals surface area (Å²) in [5, 5.41) is 2.92. The molecule has 0 aliphatic heterocycles. The van der Waals surface area contributed by atoms with Crippen LogP contribution in [0.1, 0.15) is 25.8 Å². The van der Waals surface area contributed by atoms with Crippen LogP contribution >= 0.6 is 0 Å². The molecule has 0 spiro atoms. The molecule has 2 aromatic rings. The third kappa shape index (κ3) is 6.13. The lowest BCUT2D eigenvalue weighted by Gasteiger charge is -2.30. The molecule has 2 atom stereocenters. The van der Waals surface area contributed by atoms with Gasteiger partial charge in [-0.05, 0) is 44.4 Å². The summed E-state index contributed by atoms with van der Waals surface area (Å²) < 4.78 is 36.8. The maximum Gasteiger partial charge on any atom is 0.243 e. The molecule has 8 heteroatoms. The van der Waals surface area contributed by atoms with Crippen molar-refractivity contribution in [3.8, 4) is 11.5 Å². The first-order valence-electron chi connectivity index (χ1n) is 9.73. The number of anilines is 1. The summed E-state index contributed by atoms with van der Waals surface area (Å²) in [6, 6.07) is 13.7. The Morgan fingerprint density at radius 1 is 1.07 bits per heavy atom. The number of carbonyl (C=O) groups is 1. The number of rotatable bonds is 10. The smallest absolute Gasteiger partial charge is 0.243 e. The van der Waals surface area contributed by atoms with Crippen molar-refractivity contribution in [1.29, 1.82) is 0 Å². The molecule has 0 fully saturated rings. The number of nitrogens with zero attached hydrogens (tertiary/aromatic N) is 1. The Morgan fingerprint density at radius 3 is 2.30 bits per heavy atom. The Morgan fingerprint density at radius 2 is 1.73 bits per heavy atom. The lowest BCUT2D eigenvalue weighted by molar-refractivity contribution is -0.122. The Hall–Kier alpha value is -2.74. The van der Waals surface area contributed by atoms with Crippen molar-refractivity contribution in [2.24, 2.45) is 0 Å². The number of amides is 1. The van der Waals surface area contributed by atoms with Gasteiger partial charge in [0, 0.05) is 12.1 Å². The highest BCUT2D eigenvalue weighted by Gasteiger charge is 2.32. The first-order valence-corrected chi connectivity index (χ1v) is 11.6. The number of carbonyl (C=O) groups excluding carboxylic acids is 1. The van der Waals surface area contributed by atoms with Crippen molar-refractivity contribution in [2.45, 2.75) is 38.8 Å². The molecule has 0 heterocycles. The Kier molecular flexibility index (Phi) is 8.11. The number of aryl methyl sites for hydroxylation is 1. The zero-order chi connectivity index (χ0) is 22.3. The number of hydrogen-bond donors (Lipinski definition) is 1. The van der Waals surface area contributed by atoms with Gasteiger partial charge < -0.3 is 14.8 Å². The summed E-state index contributed by atoms with van der Waals surface area (Å²) in [7, 11) is -0.840. The molecule has 1 amide bonds. The molecule has 164 valence electrons. The first-order chi connectivity index (χ1) is 14.2. The normalized spacial score (nSPS) is 13.2. The Balaban J connectivity index is 2.19. The third-order valence-electron chi connectivity index (χ3n) is 4.81. The molecule has 30 heavy (non-hydrogen) atoms. The number of ether oxygens (including phenoxy) is 2. The van der Waals surface area contributed by atoms with E-state index in [0.717, 1.165) is 23.4 Å². The third-order valence-corrected chi connectivity index (χ3v) is 6.04. The second-order valence-corrected chi connectivity index (χ2v) is 9.07. The van der Waals surface area contributed by atoms with Crippen LogP contribution in [-0.2, 0) is 21.2 Å². The Labute approximate surface area is 179 Å². The minimum Gasteiger partial charge on any atom is -0.497 e. The van der Waals surface area contributed by atoms with E-state index < -0.39 is 16.1 Å². The van der Waals surface area contributed by atoms with Crippen LogP contribution in [0.2, 0.25) is 0 Å². The molecule has 7 nitrogen and oxygen atoms in total. The van der Waals surface area contributed by atoms with E-state index in [9.17, 15) is 13.2 Å². The van der Waals surface area contributed by atoms with Crippen molar-refractivity contribution in [3.63, 3.8) is 0 Å². The number of methoxy groups -OCH3 is 2. The molecule has 0 radical (unpaired) electrons. The minimum absolute atomic E-state index is 0.117. The molecule has 0 aliphatic carbocycles. The molecular weight excluding hydrogens is 404 g/mol. The summed E-state index contributed by atoms with van der Waals surface area (Å²) in [4.78, 5) is 12.9. The zero-order valence-electron chi connectivity index (χ0n) is 18.1. The van der Waals surface area contributed by atoms with Crippen LogP contribution in [0.3, 0.4) is 0 Å². The summed E-state index contributed by atoms with van der Waals surface area (Å²) in [6.45, 7) is 3.46. The van der Waals surface area contributed by atoms with Gasteiger partial charge in [0.1, 0.15) is 17.5 Å². The molecule has 0 saturated carbocycles. The van der Waals surface area contributed by atoms with Gasteiger partial charge in [-0.3, -0.25) is 9.10 Å². The summed E-state index contributed by atoms with van der Waals surface area (Å²) in [6.07, 6.45) is 2.62. The maximum absolute atomic E-state index is 12.9. The highest BCUT2D eigenvalue weighted by Crippen LogP contribution is 2.35. The van der Waals surface area contributed by atoms with Crippen molar-refractivity contribution in [2.75, 3.05) is 24.8 Å². The van der Waals surface area contributed by atoms with E-state index >= 15 is 0 Å². The van der Waals surface area contributed by atoms with Crippen LogP contribution in [0.5, 0.6) is 11.5 Å². The van der Waals surface area contributed by atoms with E-state index in [4.69, 9.17) is 9.47 Å². The largest absolute Gasteiger partial charge is 0.497 e. The topological polar surface area (TPSA) is 84.9 Å². The fraction of sp³-hybridized carbons (Fsp3) is 0.409. The predicted octanol–water partition coefficient (Wildman–Crippen LogP) is 3.00. The lowest BCUT2D eigenvalue weighted by Crippen LogP contribution is -2.50. The van der Waals surface area contributed by atoms with E-state index in [2.05, 4.69) is 5.32 Å². The van der Waals surface area contributed by atoms with Crippen molar-refractivity contribution >= 4 is 21.6 Å². The predicted molar refractivity (Wildman–Crippen MR) is 119 cm³/mol. The van der Waals surface area contributed by atoms with Gasteiger partial charge in [0.25, 0.3) is 0 Å². The van der Waals surface area contributed by atoms with Crippen molar-refractivity contribution < 1.29 is 22.7 Å². The van der Waals surface area contributed by atoms with Gasteiger partial charge in [0.2, 0.25) is 15.9 Å². The van der Waals surface area contributed by atoms with Gasteiger partial charge in [-0.1, -0.05) is 30.3 Å². The molecule has 0 unspecified atom stereocenters. The van der Waals surface area contributed by atoms with Gasteiger partial charge in [0.05, 0.1) is 26.2 Å². The lowest BCUT2D eigenvalue weighted by atomic mass is 10.1. The Bertz CT molecular complexity index is 947. The van der Waals surface area contributed by atoms with E-state index in [1.807, 2.05) is 37.3 Å². The minimum atomic E-state index is -3.77. The first kappa shape index (κ1) is 23.5. The van der Waals surface area contributed by atoms with Crippen molar-refractivity contribution in [1.82, 2.24) is 5.32 Å². The van der Waals surface area contributed by atoms with Crippen LogP contribution in [0.15, 0.2) is 48.5 Å². The molecule has 2 rings (SSSR count). The van der Waals surface area contributed by atoms with Gasteiger partial charge in [-0.15, -0.1) is 0 Å². The van der Waals surface area contributed by atoms with E-state index in [1.165, 1.54) is 19.8 Å². The van der Waals surface area contributed by atoms with E-state index in [1.54, 1.807) is 25.1 Å². The summed E-state index contributed by atoms with van der Waals surface area (Å²) in [5.41, 5.74) is 1.43. The number of benzene rings is 2. The highest BCUT2D eigenvalue weighted by atomic mass is 32.2. The molecule has 0 bridgehead atoms. The van der Waals surface area contributed by atoms with Crippen molar-refractivity contribution in [3.05, 3.63) is 54.1 Å². The molecule has 2 aromatic carbocycles. The maximum atomic E-state index is 12.9. The number of hydrogen-bond acceptors (Lipinski definition) is 5. The van der Waals surface area contributed by atoms with Crippen LogP contribution in [0.25, 0.3) is 0 Å².